The van der Waals surface area contributed by atoms with E-state index in [1.165, 1.54) is 18.2 Å². The molecule has 6 rings (SSSR count). The van der Waals surface area contributed by atoms with Gasteiger partial charge in [-0.2, -0.15) is 5.26 Å². The first-order chi connectivity index (χ1) is 21.8. The third-order valence-corrected chi connectivity index (χ3v) is 8.47. The molecule has 3 aromatic heterocycles. The van der Waals surface area contributed by atoms with Gasteiger partial charge in [0.15, 0.2) is 17.2 Å². The molecular formula is C33H32ClFN6O4. The van der Waals surface area contributed by atoms with Gasteiger partial charge in [0.2, 0.25) is 5.88 Å². The van der Waals surface area contributed by atoms with Crippen molar-refractivity contribution >= 4 is 34.8 Å². The number of rotatable bonds is 12. The van der Waals surface area contributed by atoms with E-state index in [1.54, 1.807) is 18.2 Å². The maximum atomic E-state index is 14.1. The van der Waals surface area contributed by atoms with Crippen molar-refractivity contribution in [3.8, 4) is 17.7 Å². The van der Waals surface area contributed by atoms with Gasteiger partial charge >= 0.3 is 5.97 Å². The lowest BCUT2D eigenvalue weighted by atomic mass is 10.0. The van der Waals surface area contributed by atoms with Crippen molar-refractivity contribution in [1.29, 1.82) is 5.26 Å². The summed E-state index contributed by atoms with van der Waals surface area (Å²) in [5.74, 6) is -0.0731. The molecule has 0 radical (unpaired) electrons. The molecule has 10 nitrogen and oxygen atoms in total. The molecule has 2 aliphatic rings. The summed E-state index contributed by atoms with van der Waals surface area (Å²) in [5.41, 5.74) is 2.55. The molecule has 1 saturated carbocycles. The number of imidazole rings is 1. The third-order valence-electron chi connectivity index (χ3n) is 8.23. The van der Waals surface area contributed by atoms with Crippen LogP contribution in [0.15, 0.2) is 54.6 Å². The number of piperidine rings is 1. The highest BCUT2D eigenvalue weighted by molar-refractivity contribution is 6.30. The number of fused-ring (bicyclic) bond motifs is 1. The van der Waals surface area contributed by atoms with Crippen LogP contribution in [0.4, 0.5) is 4.39 Å². The highest BCUT2D eigenvalue weighted by atomic mass is 35.5. The highest BCUT2D eigenvalue weighted by Gasteiger charge is 2.43. The zero-order chi connectivity index (χ0) is 31.4. The second-order valence-corrected chi connectivity index (χ2v) is 12.1. The average molecular weight is 631 g/mol. The Morgan fingerprint density at radius 1 is 1.16 bits per heavy atom. The number of nitriles is 1. The second-order valence-electron chi connectivity index (χ2n) is 11.6. The number of ether oxygens (including phenoxy) is 2. The monoisotopic (exact) mass is 630 g/mol. The van der Waals surface area contributed by atoms with E-state index in [4.69, 9.17) is 36.1 Å². The number of aromatic nitrogens is 4. The smallest absolute Gasteiger partial charge is 0.328 e. The summed E-state index contributed by atoms with van der Waals surface area (Å²) in [7, 11) is 0. The zero-order valence-electron chi connectivity index (χ0n) is 24.5. The van der Waals surface area contributed by atoms with Crippen LogP contribution < -0.4 is 9.47 Å². The lowest BCUT2D eigenvalue weighted by Gasteiger charge is -2.31. The molecule has 0 atom stereocenters. The highest BCUT2D eigenvalue weighted by Crippen LogP contribution is 2.50. The summed E-state index contributed by atoms with van der Waals surface area (Å²) in [5, 5.41) is 18.8. The Bertz CT molecular complexity index is 1770. The Labute approximate surface area is 264 Å². The molecule has 0 spiro atoms. The van der Waals surface area contributed by atoms with Gasteiger partial charge < -0.3 is 19.1 Å². The molecule has 1 aliphatic carbocycles. The van der Waals surface area contributed by atoms with Crippen LogP contribution in [0.3, 0.4) is 0 Å². The molecule has 0 bridgehead atoms. The number of aliphatic carboxylic acids is 1. The normalized spacial score (nSPS) is 16.6. The minimum atomic E-state index is -1.03. The van der Waals surface area contributed by atoms with Crippen LogP contribution in [0.25, 0.3) is 17.2 Å². The van der Waals surface area contributed by atoms with Gasteiger partial charge in [0, 0.05) is 48.6 Å². The predicted octanol–water partition coefficient (Wildman–Crippen LogP) is 6.03. The van der Waals surface area contributed by atoms with Gasteiger partial charge in [0.05, 0.1) is 24.0 Å². The Kier molecular flexibility index (Phi) is 8.96. The van der Waals surface area contributed by atoms with E-state index in [9.17, 15) is 14.4 Å². The minimum Gasteiger partial charge on any atom is -0.484 e. The van der Waals surface area contributed by atoms with Crippen molar-refractivity contribution in [2.24, 2.45) is 5.41 Å². The van der Waals surface area contributed by atoms with Crippen LogP contribution in [-0.2, 0) is 24.5 Å². The fourth-order valence-corrected chi connectivity index (χ4v) is 5.73. The molecule has 2 fully saturated rings. The standard InChI is InChI=1S/C33H32ClFN6O4/c34-22-4-8-28(26(35)18-22)44-20-24-2-1-3-30(37-24)45-25-10-16-40(17-11-25)19-29-39-27-7-5-23(6-9-31(42)43)38-32(27)41(29)21-33(12-13-33)14-15-36/h1-9,18,25H,10-14,16-17,19-21H2,(H,42,43)/b9-6+. The number of hydrogen-bond donors (Lipinski definition) is 1. The summed E-state index contributed by atoms with van der Waals surface area (Å²) >= 11 is 5.82. The van der Waals surface area contributed by atoms with Crippen molar-refractivity contribution < 1.29 is 23.8 Å². The fraction of sp³-hybridized carbons (Fsp3) is 0.364. The molecule has 4 aromatic rings. The minimum absolute atomic E-state index is 0.00643. The number of carboxylic acid groups (broad SMARTS) is 1. The van der Waals surface area contributed by atoms with Crippen molar-refractivity contribution in [3.63, 3.8) is 0 Å². The van der Waals surface area contributed by atoms with Gasteiger partial charge in [0.25, 0.3) is 0 Å². The Morgan fingerprint density at radius 2 is 1.98 bits per heavy atom. The molecule has 232 valence electrons. The zero-order valence-corrected chi connectivity index (χ0v) is 25.3. The van der Waals surface area contributed by atoms with Crippen molar-refractivity contribution in [1.82, 2.24) is 24.4 Å². The summed E-state index contributed by atoms with van der Waals surface area (Å²) in [6.07, 6.45) is 6.60. The number of hydrogen-bond acceptors (Lipinski definition) is 8. The van der Waals surface area contributed by atoms with Gasteiger partial charge in [-0.25, -0.2) is 24.1 Å². The van der Waals surface area contributed by atoms with Gasteiger partial charge in [-0.1, -0.05) is 17.7 Å². The largest absolute Gasteiger partial charge is 0.484 e. The number of benzene rings is 1. The SMILES string of the molecule is N#CCC1(Cn2c(CN3CCC(Oc4cccc(COc5ccc(Cl)cc5F)n4)CC3)nc3ccc(/C=C/C(=O)O)nc32)CC1. The van der Waals surface area contributed by atoms with E-state index in [1.807, 2.05) is 18.2 Å². The van der Waals surface area contributed by atoms with Crippen LogP contribution in [0.1, 0.15) is 49.3 Å². The molecule has 1 N–H and O–H groups in total. The first-order valence-electron chi connectivity index (χ1n) is 14.9. The molecule has 45 heavy (non-hydrogen) atoms. The van der Waals surface area contributed by atoms with Crippen molar-refractivity contribution in [3.05, 3.63) is 82.7 Å². The summed E-state index contributed by atoms with van der Waals surface area (Å²) in [4.78, 5) is 27.6. The lowest BCUT2D eigenvalue weighted by molar-refractivity contribution is -0.131. The summed E-state index contributed by atoms with van der Waals surface area (Å²) in [6.45, 7) is 2.97. The maximum absolute atomic E-state index is 14.1. The Hall–Kier alpha value is -4.53. The van der Waals surface area contributed by atoms with E-state index in [0.717, 1.165) is 56.2 Å². The molecule has 12 heteroatoms. The number of likely N-dealkylation sites (tertiary alicyclic amines) is 1. The van der Waals surface area contributed by atoms with Crippen LogP contribution in [0.5, 0.6) is 11.6 Å². The summed E-state index contributed by atoms with van der Waals surface area (Å²) < 4.78 is 28.0. The van der Waals surface area contributed by atoms with E-state index in [2.05, 4.69) is 20.5 Å². The van der Waals surface area contributed by atoms with Gasteiger partial charge in [-0.05, 0) is 68.2 Å². The van der Waals surface area contributed by atoms with Crippen LogP contribution >= 0.6 is 11.6 Å². The Balaban J connectivity index is 1.09. The third kappa shape index (κ3) is 7.59. The average Bonchev–Trinajstić information content (AvgIpc) is 3.70. The second kappa shape index (κ2) is 13.2. The number of carboxylic acids is 1. The molecule has 1 saturated heterocycles. The van der Waals surface area contributed by atoms with Crippen LogP contribution in [0, 0.1) is 22.6 Å². The molecule has 4 heterocycles. The van der Waals surface area contributed by atoms with E-state index < -0.39 is 11.8 Å². The topological polar surface area (TPSA) is 126 Å². The van der Waals surface area contributed by atoms with E-state index in [0.29, 0.717) is 47.4 Å². The van der Waals surface area contributed by atoms with E-state index in [-0.39, 0.29) is 23.9 Å². The molecule has 1 aromatic carbocycles. The quantitative estimate of drug-likeness (QED) is 0.187. The first kappa shape index (κ1) is 30.5. The molecule has 0 amide bonds. The number of halogens is 2. The van der Waals surface area contributed by atoms with E-state index >= 15 is 0 Å². The van der Waals surface area contributed by atoms with Crippen molar-refractivity contribution in [2.45, 2.75) is 57.9 Å². The first-order valence-corrected chi connectivity index (χ1v) is 15.2. The van der Waals surface area contributed by atoms with Crippen LogP contribution in [0.2, 0.25) is 5.02 Å². The number of pyridine rings is 2. The number of carbonyl (C=O) groups is 1. The lowest BCUT2D eigenvalue weighted by Crippen LogP contribution is -2.38. The fourth-order valence-electron chi connectivity index (χ4n) is 5.57. The van der Waals surface area contributed by atoms with Gasteiger partial charge in [-0.3, -0.25) is 4.90 Å². The molecule has 0 unspecified atom stereocenters. The van der Waals surface area contributed by atoms with Crippen molar-refractivity contribution in [2.75, 3.05) is 13.1 Å². The molecule has 1 aliphatic heterocycles. The van der Waals surface area contributed by atoms with Gasteiger partial charge in [-0.15, -0.1) is 0 Å². The molecular weight excluding hydrogens is 599 g/mol. The Morgan fingerprint density at radius 3 is 2.71 bits per heavy atom. The maximum Gasteiger partial charge on any atom is 0.328 e. The predicted molar refractivity (Wildman–Crippen MR) is 165 cm³/mol. The number of nitrogens with zero attached hydrogens (tertiary/aromatic N) is 6. The van der Waals surface area contributed by atoms with Gasteiger partial charge in [0.1, 0.15) is 24.1 Å². The summed E-state index contributed by atoms with van der Waals surface area (Å²) in [6, 6.07) is 15.7. The van der Waals surface area contributed by atoms with Crippen LogP contribution in [-0.4, -0.2) is 54.7 Å².